The van der Waals surface area contributed by atoms with Crippen LogP contribution in [0.15, 0.2) is 35.2 Å². The molecule has 7 heteroatoms. The van der Waals surface area contributed by atoms with E-state index in [4.69, 9.17) is 5.73 Å². The monoisotopic (exact) mass is 246 g/mol. The highest BCUT2D eigenvalue weighted by atomic mass is 16.5. The van der Waals surface area contributed by atoms with Crippen molar-refractivity contribution in [2.75, 3.05) is 5.32 Å². The second-order valence-corrected chi connectivity index (χ2v) is 3.51. The van der Waals surface area contributed by atoms with Crippen LogP contribution in [0.3, 0.4) is 0 Å². The number of nitrogens with zero attached hydrogens (tertiary/aromatic N) is 2. The first-order valence-corrected chi connectivity index (χ1v) is 5.10. The summed E-state index contributed by atoms with van der Waals surface area (Å²) in [6, 6.07) is 4.59. The number of nitrogens with one attached hydrogen (secondary N) is 1. The molecular formula is C11H10N4O3. The lowest BCUT2D eigenvalue weighted by Gasteiger charge is -2.03. The largest absolute Gasteiger partial charge is 0.364 e. The van der Waals surface area contributed by atoms with Crippen LogP contribution in [0.4, 0.5) is 5.69 Å². The number of pyridine rings is 1. The minimum atomic E-state index is -0.615. The molecule has 0 unspecified atom stereocenters. The van der Waals surface area contributed by atoms with Gasteiger partial charge in [0, 0.05) is 6.07 Å². The number of carbonyl (C=O) groups is 2. The molecule has 0 aromatic carbocycles. The Bertz CT molecular complexity index is 548. The van der Waals surface area contributed by atoms with E-state index in [-0.39, 0.29) is 18.0 Å². The molecule has 0 bridgehead atoms. The van der Waals surface area contributed by atoms with Crippen molar-refractivity contribution in [3.63, 3.8) is 0 Å². The van der Waals surface area contributed by atoms with Gasteiger partial charge in [0.2, 0.25) is 5.91 Å². The number of carbonyl (C=O) groups excluding carboxylic acids is 2. The quantitative estimate of drug-likeness (QED) is 0.808. The van der Waals surface area contributed by atoms with Crippen molar-refractivity contribution in [1.29, 1.82) is 0 Å². The highest BCUT2D eigenvalue weighted by Crippen LogP contribution is 2.07. The van der Waals surface area contributed by atoms with Crippen LogP contribution in [-0.4, -0.2) is 22.0 Å². The van der Waals surface area contributed by atoms with Gasteiger partial charge in [-0.15, -0.1) is 0 Å². The zero-order chi connectivity index (χ0) is 13.0. The van der Waals surface area contributed by atoms with Gasteiger partial charge < -0.3 is 15.6 Å². The number of hydrogen-bond acceptors (Lipinski definition) is 5. The highest BCUT2D eigenvalue weighted by Gasteiger charge is 2.07. The predicted octanol–water partition coefficient (Wildman–Crippen LogP) is 0.350. The summed E-state index contributed by atoms with van der Waals surface area (Å²) in [5.41, 5.74) is 6.21. The van der Waals surface area contributed by atoms with Gasteiger partial charge in [-0.05, 0) is 12.1 Å². The number of amides is 2. The summed E-state index contributed by atoms with van der Waals surface area (Å²) in [5, 5.41) is 6.23. The molecule has 0 atom stereocenters. The van der Waals surface area contributed by atoms with E-state index in [1.54, 1.807) is 12.1 Å². The van der Waals surface area contributed by atoms with E-state index in [1.807, 2.05) is 0 Å². The van der Waals surface area contributed by atoms with Crippen LogP contribution in [0.25, 0.3) is 0 Å². The van der Waals surface area contributed by atoms with Crippen molar-refractivity contribution in [3.8, 4) is 0 Å². The molecular weight excluding hydrogens is 236 g/mol. The summed E-state index contributed by atoms with van der Waals surface area (Å²) in [7, 11) is 0. The minimum absolute atomic E-state index is 0.105. The van der Waals surface area contributed by atoms with Gasteiger partial charge in [-0.3, -0.25) is 9.59 Å². The molecule has 2 aromatic rings. The molecule has 2 aromatic heterocycles. The average Bonchev–Trinajstić information content (AvgIpc) is 2.82. The molecule has 0 aliphatic carbocycles. The fraction of sp³-hybridized carbons (Fsp3) is 0.0909. The van der Waals surface area contributed by atoms with Crippen molar-refractivity contribution in [2.45, 2.75) is 6.42 Å². The van der Waals surface area contributed by atoms with Crippen LogP contribution in [0.2, 0.25) is 0 Å². The molecule has 0 fully saturated rings. The first-order valence-electron chi connectivity index (χ1n) is 5.10. The second-order valence-electron chi connectivity index (χ2n) is 3.51. The minimum Gasteiger partial charge on any atom is -0.364 e. The molecule has 2 amide bonds. The van der Waals surface area contributed by atoms with Crippen molar-refractivity contribution in [3.05, 3.63) is 42.0 Å². The van der Waals surface area contributed by atoms with Crippen LogP contribution in [0.1, 0.15) is 16.2 Å². The summed E-state index contributed by atoms with van der Waals surface area (Å²) >= 11 is 0. The van der Waals surface area contributed by atoms with E-state index >= 15 is 0 Å². The Morgan fingerprint density at radius 2 is 2.17 bits per heavy atom. The Kier molecular flexibility index (Phi) is 3.33. The molecule has 92 valence electrons. The van der Waals surface area contributed by atoms with Crippen LogP contribution in [-0.2, 0) is 11.2 Å². The van der Waals surface area contributed by atoms with Crippen molar-refractivity contribution in [2.24, 2.45) is 5.73 Å². The number of primary amides is 1. The molecule has 7 nitrogen and oxygen atoms in total. The Labute approximate surface area is 102 Å². The first-order chi connectivity index (χ1) is 8.65. The molecule has 0 aliphatic rings. The van der Waals surface area contributed by atoms with Gasteiger partial charge in [0.1, 0.15) is 12.0 Å². The Hall–Kier alpha value is -2.70. The fourth-order valence-corrected chi connectivity index (χ4v) is 1.31. The van der Waals surface area contributed by atoms with E-state index in [9.17, 15) is 9.59 Å². The first kappa shape index (κ1) is 11.8. The van der Waals surface area contributed by atoms with Crippen molar-refractivity contribution >= 4 is 17.5 Å². The molecule has 2 heterocycles. The summed E-state index contributed by atoms with van der Waals surface area (Å²) in [6.07, 6.45) is 2.86. The summed E-state index contributed by atoms with van der Waals surface area (Å²) in [5.74, 6) is -0.868. The number of nitrogens with two attached hydrogens (primary N) is 1. The molecule has 0 spiro atoms. The lowest BCUT2D eigenvalue weighted by Crippen LogP contribution is -2.16. The van der Waals surface area contributed by atoms with Crippen LogP contribution in [0.5, 0.6) is 0 Å². The van der Waals surface area contributed by atoms with Gasteiger partial charge in [-0.1, -0.05) is 5.16 Å². The Morgan fingerprint density at radius 3 is 2.72 bits per heavy atom. The Balaban J connectivity index is 1.97. The van der Waals surface area contributed by atoms with Gasteiger partial charge in [-0.25, -0.2) is 4.98 Å². The third kappa shape index (κ3) is 2.91. The average molecular weight is 246 g/mol. The topological polar surface area (TPSA) is 111 Å². The standard InChI is InChI=1S/C11H10N4O3/c12-11(17)9-2-1-8(6-13-9)14-10(16)5-7-3-4-18-15-7/h1-4,6H,5H2,(H2,12,17)(H,14,16). The van der Waals surface area contributed by atoms with E-state index < -0.39 is 5.91 Å². The van der Waals surface area contributed by atoms with Gasteiger partial charge in [0.25, 0.3) is 5.91 Å². The third-order valence-electron chi connectivity index (χ3n) is 2.13. The van der Waals surface area contributed by atoms with Gasteiger partial charge >= 0.3 is 0 Å². The molecule has 0 radical (unpaired) electrons. The summed E-state index contributed by atoms with van der Waals surface area (Å²) in [4.78, 5) is 26.2. The molecule has 0 saturated carbocycles. The van der Waals surface area contributed by atoms with E-state index in [1.165, 1.54) is 18.5 Å². The fourth-order valence-electron chi connectivity index (χ4n) is 1.31. The Morgan fingerprint density at radius 1 is 1.33 bits per heavy atom. The third-order valence-corrected chi connectivity index (χ3v) is 2.13. The van der Waals surface area contributed by atoms with Crippen LogP contribution in [0, 0.1) is 0 Å². The maximum atomic E-state index is 11.6. The van der Waals surface area contributed by atoms with Crippen LogP contribution < -0.4 is 11.1 Å². The molecule has 2 rings (SSSR count). The second kappa shape index (κ2) is 5.09. The van der Waals surface area contributed by atoms with E-state index in [0.29, 0.717) is 11.4 Å². The lowest BCUT2D eigenvalue weighted by atomic mass is 10.3. The zero-order valence-corrected chi connectivity index (χ0v) is 9.29. The smallest absolute Gasteiger partial charge is 0.267 e. The number of anilines is 1. The summed E-state index contributed by atoms with van der Waals surface area (Å²) in [6.45, 7) is 0. The maximum absolute atomic E-state index is 11.6. The van der Waals surface area contributed by atoms with Crippen molar-refractivity contribution in [1.82, 2.24) is 10.1 Å². The molecule has 0 saturated heterocycles. The van der Waals surface area contributed by atoms with Gasteiger partial charge in [0.15, 0.2) is 0 Å². The van der Waals surface area contributed by atoms with Crippen molar-refractivity contribution < 1.29 is 14.1 Å². The maximum Gasteiger partial charge on any atom is 0.267 e. The number of hydrogen-bond donors (Lipinski definition) is 2. The number of rotatable bonds is 4. The van der Waals surface area contributed by atoms with E-state index in [0.717, 1.165) is 0 Å². The summed E-state index contributed by atoms with van der Waals surface area (Å²) < 4.78 is 4.61. The van der Waals surface area contributed by atoms with E-state index in [2.05, 4.69) is 20.0 Å². The van der Waals surface area contributed by atoms with Gasteiger partial charge in [0.05, 0.1) is 24.0 Å². The SMILES string of the molecule is NC(=O)c1ccc(NC(=O)Cc2ccon2)cn1. The molecule has 3 N–H and O–H groups in total. The van der Waals surface area contributed by atoms with Gasteiger partial charge in [-0.2, -0.15) is 0 Å². The molecule has 0 aliphatic heterocycles. The zero-order valence-electron chi connectivity index (χ0n) is 9.29. The highest BCUT2D eigenvalue weighted by molar-refractivity contribution is 5.93. The van der Waals surface area contributed by atoms with Crippen LogP contribution >= 0.6 is 0 Å². The number of aromatic nitrogens is 2. The predicted molar refractivity (Wildman–Crippen MR) is 61.6 cm³/mol. The molecule has 18 heavy (non-hydrogen) atoms. The lowest BCUT2D eigenvalue weighted by molar-refractivity contribution is -0.115. The normalized spacial score (nSPS) is 10.0.